The van der Waals surface area contributed by atoms with Crippen LogP contribution in [0.1, 0.15) is 117 Å². The molecule has 38 heavy (non-hydrogen) atoms. The molecule has 1 unspecified atom stereocenters. The molecule has 3 N–H and O–H groups in total. The first-order chi connectivity index (χ1) is 17.1. The van der Waals surface area contributed by atoms with E-state index in [4.69, 9.17) is 9.47 Å². The van der Waals surface area contributed by atoms with Crippen molar-refractivity contribution in [3.8, 4) is 17.2 Å². The zero-order valence-electron chi connectivity index (χ0n) is 25.4. The molecule has 0 saturated heterocycles. The van der Waals surface area contributed by atoms with Crippen molar-refractivity contribution in [1.29, 1.82) is 0 Å². The number of hydrogen-bond donors (Lipinski definition) is 3. The molecule has 2 aromatic carbocycles. The zero-order valence-corrected chi connectivity index (χ0v) is 25.4. The smallest absolute Gasteiger partial charge is 0.345 e. The maximum atomic E-state index is 13.7. The fraction of sp³-hybridized carbons (Fsp3) is 0.594. The fourth-order valence-electron chi connectivity index (χ4n) is 4.40. The number of phenols is 2. The van der Waals surface area contributed by atoms with E-state index in [-0.39, 0.29) is 35.5 Å². The summed E-state index contributed by atoms with van der Waals surface area (Å²) >= 11 is 0. The summed E-state index contributed by atoms with van der Waals surface area (Å²) in [7, 11) is 0. The summed E-state index contributed by atoms with van der Waals surface area (Å²) in [5, 5.41) is 31.7. The lowest BCUT2D eigenvalue weighted by atomic mass is 9.78. The number of ether oxygens (including phenoxy) is 2. The SMILES string of the molecule is CC(C)(C)c1cc(OC(=O)C(OCCO)c2cc(C(C)(C)C)c(O)c(C(C)(C)C)c2)cc(C(C)(C)C)c1O. The van der Waals surface area contributed by atoms with Crippen LogP contribution >= 0.6 is 0 Å². The second-order valence-corrected chi connectivity index (χ2v) is 14.2. The fourth-order valence-corrected chi connectivity index (χ4v) is 4.40. The van der Waals surface area contributed by atoms with E-state index in [0.29, 0.717) is 33.6 Å². The highest BCUT2D eigenvalue weighted by molar-refractivity contribution is 5.79. The van der Waals surface area contributed by atoms with Gasteiger partial charge in [-0.15, -0.1) is 0 Å². The number of esters is 1. The monoisotopic (exact) mass is 528 g/mol. The number of hydrogen-bond acceptors (Lipinski definition) is 6. The second-order valence-electron chi connectivity index (χ2n) is 14.2. The Morgan fingerprint density at radius 2 is 1.03 bits per heavy atom. The molecule has 0 amide bonds. The Labute approximate surface area is 229 Å². The van der Waals surface area contributed by atoms with Crippen LogP contribution in [0.25, 0.3) is 0 Å². The molecule has 0 aliphatic rings. The van der Waals surface area contributed by atoms with Crippen molar-refractivity contribution in [3.05, 3.63) is 52.1 Å². The van der Waals surface area contributed by atoms with Gasteiger partial charge in [0.05, 0.1) is 13.2 Å². The van der Waals surface area contributed by atoms with Gasteiger partial charge in [-0.2, -0.15) is 0 Å². The van der Waals surface area contributed by atoms with Gasteiger partial charge in [-0.25, -0.2) is 4.79 Å². The molecule has 0 fully saturated rings. The number of phenolic OH excluding ortho intramolecular Hbond substituents is 2. The topological polar surface area (TPSA) is 96.2 Å². The molecule has 0 radical (unpaired) electrons. The molecule has 6 nitrogen and oxygen atoms in total. The molecule has 2 rings (SSSR count). The number of aliphatic hydroxyl groups excluding tert-OH is 1. The van der Waals surface area contributed by atoms with E-state index in [9.17, 15) is 20.1 Å². The summed E-state index contributed by atoms with van der Waals surface area (Å²) in [4.78, 5) is 13.7. The van der Waals surface area contributed by atoms with E-state index < -0.39 is 22.9 Å². The van der Waals surface area contributed by atoms with Gasteiger partial charge in [-0.1, -0.05) is 83.1 Å². The van der Waals surface area contributed by atoms with E-state index in [1.807, 2.05) is 83.1 Å². The lowest BCUT2D eigenvalue weighted by Gasteiger charge is -2.30. The summed E-state index contributed by atoms with van der Waals surface area (Å²) in [5.41, 5.74) is 1.71. The van der Waals surface area contributed by atoms with Crippen LogP contribution in [-0.4, -0.2) is 34.5 Å². The average Bonchev–Trinajstić information content (AvgIpc) is 2.72. The van der Waals surface area contributed by atoms with Crippen LogP contribution < -0.4 is 4.74 Å². The van der Waals surface area contributed by atoms with E-state index in [1.165, 1.54) is 0 Å². The van der Waals surface area contributed by atoms with E-state index in [2.05, 4.69) is 0 Å². The van der Waals surface area contributed by atoms with Crippen molar-refractivity contribution in [2.24, 2.45) is 0 Å². The Morgan fingerprint density at radius 1 is 0.684 bits per heavy atom. The van der Waals surface area contributed by atoms with Crippen molar-refractivity contribution in [2.45, 2.75) is 111 Å². The summed E-state index contributed by atoms with van der Waals surface area (Å²) in [5.74, 6) is 0.0626. The third-order valence-electron chi connectivity index (χ3n) is 6.56. The Bertz CT molecular complexity index is 1080. The first kappa shape index (κ1) is 31.6. The van der Waals surface area contributed by atoms with Gasteiger partial charge in [0.1, 0.15) is 17.2 Å². The Morgan fingerprint density at radius 3 is 1.34 bits per heavy atom. The van der Waals surface area contributed by atoms with Gasteiger partial charge in [0, 0.05) is 11.1 Å². The molecular formula is C32H48O6. The van der Waals surface area contributed by atoms with Crippen molar-refractivity contribution in [2.75, 3.05) is 13.2 Å². The van der Waals surface area contributed by atoms with Gasteiger partial charge in [0.2, 0.25) is 0 Å². The van der Waals surface area contributed by atoms with E-state index >= 15 is 0 Å². The van der Waals surface area contributed by atoms with Crippen molar-refractivity contribution < 1.29 is 29.6 Å². The maximum Gasteiger partial charge on any atom is 0.345 e. The largest absolute Gasteiger partial charge is 0.507 e. The summed E-state index contributed by atoms with van der Waals surface area (Å²) < 4.78 is 11.8. The molecule has 0 heterocycles. The number of aliphatic hydroxyl groups is 1. The first-order valence-electron chi connectivity index (χ1n) is 13.3. The molecule has 0 aliphatic carbocycles. The Kier molecular flexibility index (Phi) is 9.07. The standard InChI is InChI=1S/C32H48O6/c1-29(2,3)21-15-19(16-22(25(21)34)30(4,5)6)27(37-14-13-33)28(36)38-20-17-23(31(7,8)9)26(35)24(18-20)32(10,11)12/h15-18,27,33-35H,13-14H2,1-12H3. The lowest BCUT2D eigenvalue weighted by molar-refractivity contribution is -0.148. The first-order valence-corrected chi connectivity index (χ1v) is 13.3. The molecule has 6 heteroatoms. The highest BCUT2D eigenvalue weighted by Crippen LogP contribution is 2.43. The van der Waals surface area contributed by atoms with Crippen LogP contribution in [-0.2, 0) is 31.2 Å². The summed E-state index contributed by atoms with van der Waals surface area (Å²) in [6.45, 7) is 23.6. The van der Waals surface area contributed by atoms with Gasteiger partial charge >= 0.3 is 5.97 Å². The minimum Gasteiger partial charge on any atom is -0.507 e. The van der Waals surface area contributed by atoms with Gasteiger partial charge in [-0.05, 0) is 62.6 Å². The summed E-state index contributed by atoms with van der Waals surface area (Å²) in [6.07, 6.45) is -1.13. The average molecular weight is 529 g/mol. The predicted octanol–water partition coefficient (Wildman–Crippen LogP) is 6.94. The third-order valence-corrected chi connectivity index (χ3v) is 6.56. The molecular weight excluding hydrogens is 480 g/mol. The third kappa shape index (κ3) is 7.29. The molecule has 0 spiro atoms. The van der Waals surface area contributed by atoms with Crippen LogP contribution in [0.3, 0.4) is 0 Å². The Balaban J connectivity index is 2.69. The number of rotatable bonds is 6. The van der Waals surface area contributed by atoms with Gasteiger partial charge in [0.15, 0.2) is 6.10 Å². The lowest BCUT2D eigenvalue weighted by Crippen LogP contribution is -2.25. The van der Waals surface area contributed by atoms with Crippen molar-refractivity contribution >= 4 is 5.97 Å². The molecule has 1 atom stereocenters. The number of benzene rings is 2. The van der Waals surface area contributed by atoms with Crippen LogP contribution in [0.4, 0.5) is 0 Å². The second kappa shape index (κ2) is 10.9. The number of carbonyl (C=O) groups excluding carboxylic acids is 1. The highest BCUT2D eigenvalue weighted by Gasteiger charge is 2.33. The molecule has 0 aliphatic heterocycles. The van der Waals surface area contributed by atoms with Crippen LogP contribution in [0.2, 0.25) is 0 Å². The molecule has 212 valence electrons. The molecule has 0 saturated carbocycles. The molecule has 2 aromatic rings. The van der Waals surface area contributed by atoms with Crippen molar-refractivity contribution in [3.63, 3.8) is 0 Å². The van der Waals surface area contributed by atoms with Crippen LogP contribution in [0.15, 0.2) is 24.3 Å². The molecule has 0 aromatic heterocycles. The normalized spacial score (nSPS) is 13.9. The van der Waals surface area contributed by atoms with Gasteiger partial charge in [0.25, 0.3) is 0 Å². The number of aromatic hydroxyl groups is 2. The van der Waals surface area contributed by atoms with Gasteiger partial charge in [-0.3, -0.25) is 0 Å². The highest BCUT2D eigenvalue weighted by atomic mass is 16.6. The predicted molar refractivity (Wildman–Crippen MR) is 152 cm³/mol. The van der Waals surface area contributed by atoms with Crippen LogP contribution in [0, 0.1) is 0 Å². The zero-order chi connectivity index (χ0) is 29.4. The maximum absolute atomic E-state index is 13.7. The van der Waals surface area contributed by atoms with Gasteiger partial charge < -0.3 is 24.8 Å². The Hall–Kier alpha value is -2.57. The van der Waals surface area contributed by atoms with E-state index in [0.717, 1.165) is 0 Å². The summed E-state index contributed by atoms with van der Waals surface area (Å²) in [6, 6.07) is 6.96. The molecule has 0 bridgehead atoms. The quantitative estimate of drug-likeness (QED) is 0.277. The van der Waals surface area contributed by atoms with Crippen molar-refractivity contribution in [1.82, 2.24) is 0 Å². The van der Waals surface area contributed by atoms with E-state index in [1.54, 1.807) is 24.3 Å². The number of carbonyl (C=O) groups is 1. The minimum atomic E-state index is -1.13. The van der Waals surface area contributed by atoms with Crippen LogP contribution in [0.5, 0.6) is 17.2 Å². The minimum absolute atomic E-state index is 0.0631.